The number of para-hydroxylation sites is 2. The molecule has 2 heterocycles. The Morgan fingerprint density at radius 3 is 2.92 bits per heavy atom. The number of rotatable bonds is 6. The third-order valence-electron chi connectivity index (χ3n) is 4.32. The average molecular weight is 367 g/mol. The molecule has 1 fully saturated rings. The zero-order chi connectivity index (χ0) is 17.1. The Morgan fingerprint density at radius 2 is 2.20 bits per heavy atom. The Bertz CT molecular complexity index is 721. The molecule has 0 aliphatic carbocycles. The standard InChI is InChI=1S/C17H22N4O3.ClH/c1-11(18-2)8-15-19-17(24-20-15)12-9-16(22)21(10-12)13-6-4-5-7-14(13)23-3;/h4-7,11-12,18H,8-10H2,1-3H3;1H. The highest BCUT2D eigenvalue weighted by molar-refractivity contribution is 5.97. The second-order valence-electron chi connectivity index (χ2n) is 6.02. The molecule has 1 amide bonds. The maximum absolute atomic E-state index is 12.4. The largest absolute Gasteiger partial charge is 0.495 e. The minimum absolute atomic E-state index is 0. The number of hydrogen-bond donors (Lipinski definition) is 1. The van der Waals surface area contributed by atoms with Crippen molar-refractivity contribution in [2.45, 2.75) is 31.7 Å². The molecular formula is C17H23ClN4O3. The molecule has 1 aliphatic heterocycles. The van der Waals surface area contributed by atoms with Gasteiger partial charge in [-0.25, -0.2) is 0 Å². The quantitative estimate of drug-likeness (QED) is 0.843. The van der Waals surface area contributed by atoms with Crippen molar-refractivity contribution in [1.29, 1.82) is 0 Å². The summed E-state index contributed by atoms with van der Waals surface area (Å²) >= 11 is 0. The van der Waals surface area contributed by atoms with Crippen molar-refractivity contribution >= 4 is 24.0 Å². The van der Waals surface area contributed by atoms with Gasteiger partial charge in [-0.3, -0.25) is 4.79 Å². The number of nitrogens with zero attached hydrogens (tertiary/aromatic N) is 3. The highest BCUT2D eigenvalue weighted by Gasteiger charge is 2.36. The van der Waals surface area contributed by atoms with Gasteiger partial charge in [-0.05, 0) is 26.1 Å². The van der Waals surface area contributed by atoms with Crippen molar-refractivity contribution < 1.29 is 14.1 Å². The summed E-state index contributed by atoms with van der Waals surface area (Å²) in [7, 11) is 3.50. The number of methoxy groups -OCH3 is 1. The zero-order valence-corrected chi connectivity index (χ0v) is 15.4. The van der Waals surface area contributed by atoms with Gasteiger partial charge in [-0.1, -0.05) is 17.3 Å². The summed E-state index contributed by atoms with van der Waals surface area (Å²) in [5.41, 5.74) is 0.774. The van der Waals surface area contributed by atoms with E-state index >= 15 is 0 Å². The normalized spacial score (nSPS) is 18.1. The van der Waals surface area contributed by atoms with Crippen LogP contribution in [0.2, 0.25) is 0 Å². The first-order valence-electron chi connectivity index (χ1n) is 8.05. The Morgan fingerprint density at radius 1 is 1.44 bits per heavy atom. The molecular weight excluding hydrogens is 344 g/mol. The maximum Gasteiger partial charge on any atom is 0.232 e. The summed E-state index contributed by atoms with van der Waals surface area (Å²) in [5, 5.41) is 7.17. The smallest absolute Gasteiger partial charge is 0.232 e. The van der Waals surface area contributed by atoms with E-state index in [1.807, 2.05) is 31.3 Å². The van der Waals surface area contributed by atoms with Crippen LogP contribution in [0.3, 0.4) is 0 Å². The lowest BCUT2D eigenvalue weighted by Gasteiger charge is -2.18. The summed E-state index contributed by atoms with van der Waals surface area (Å²) < 4.78 is 10.7. The van der Waals surface area contributed by atoms with Crippen molar-refractivity contribution in [3.05, 3.63) is 36.0 Å². The summed E-state index contributed by atoms with van der Waals surface area (Å²) in [6.07, 6.45) is 1.05. The molecule has 1 aromatic heterocycles. The van der Waals surface area contributed by atoms with E-state index in [1.165, 1.54) is 0 Å². The van der Waals surface area contributed by atoms with Gasteiger partial charge in [0.1, 0.15) is 5.75 Å². The van der Waals surface area contributed by atoms with Gasteiger partial charge < -0.3 is 19.5 Å². The van der Waals surface area contributed by atoms with Gasteiger partial charge in [0.15, 0.2) is 5.82 Å². The SMILES string of the molecule is CNC(C)Cc1noc(C2CC(=O)N(c3ccccc3OC)C2)n1.Cl. The predicted molar refractivity (Wildman–Crippen MR) is 96.5 cm³/mol. The van der Waals surface area contributed by atoms with Crippen LogP contribution in [0.1, 0.15) is 31.0 Å². The fraction of sp³-hybridized carbons (Fsp3) is 0.471. The number of ether oxygens (including phenoxy) is 1. The molecule has 2 unspecified atom stereocenters. The number of anilines is 1. The lowest BCUT2D eigenvalue weighted by atomic mass is 10.1. The number of amides is 1. The lowest BCUT2D eigenvalue weighted by molar-refractivity contribution is -0.117. The maximum atomic E-state index is 12.4. The summed E-state index contributed by atoms with van der Waals surface area (Å²) in [6, 6.07) is 7.77. The number of carbonyl (C=O) groups excluding carboxylic acids is 1. The first-order valence-corrected chi connectivity index (χ1v) is 8.05. The molecule has 1 saturated heterocycles. The minimum Gasteiger partial charge on any atom is -0.495 e. The zero-order valence-electron chi connectivity index (χ0n) is 14.6. The molecule has 1 aliphatic rings. The molecule has 3 rings (SSSR count). The first-order chi connectivity index (χ1) is 11.6. The molecule has 2 atom stereocenters. The lowest BCUT2D eigenvalue weighted by Crippen LogP contribution is -2.25. The molecule has 1 N–H and O–H groups in total. The molecule has 0 bridgehead atoms. The van der Waals surface area contributed by atoms with Gasteiger partial charge >= 0.3 is 0 Å². The fourth-order valence-corrected chi connectivity index (χ4v) is 2.85. The molecule has 7 nitrogen and oxygen atoms in total. The second kappa shape index (κ2) is 8.31. The predicted octanol–water partition coefficient (Wildman–Crippen LogP) is 2.17. The number of benzene rings is 1. The van der Waals surface area contributed by atoms with E-state index in [4.69, 9.17) is 9.26 Å². The van der Waals surface area contributed by atoms with Crippen LogP contribution in [0.15, 0.2) is 28.8 Å². The number of halogens is 1. The van der Waals surface area contributed by atoms with E-state index in [-0.39, 0.29) is 30.3 Å². The van der Waals surface area contributed by atoms with Gasteiger partial charge in [-0.2, -0.15) is 4.98 Å². The summed E-state index contributed by atoms with van der Waals surface area (Å²) in [5.74, 6) is 1.82. The van der Waals surface area contributed by atoms with Gasteiger partial charge in [0.2, 0.25) is 11.8 Å². The number of nitrogens with one attached hydrogen (secondary N) is 1. The van der Waals surface area contributed by atoms with Gasteiger partial charge in [0.25, 0.3) is 0 Å². The average Bonchev–Trinajstić information content (AvgIpc) is 3.21. The molecule has 0 spiro atoms. The van der Waals surface area contributed by atoms with Crippen molar-refractivity contribution in [2.75, 3.05) is 25.6 Å². The van der Waals surface area contributed by atoms with Gasteiger partial charge in [-0.15, -0.1) is 12.4 Å². The molecule has 1 aromatic carbocycles. The number of aromatic nitrogens is 2. The third kappa shape index (κ3) is 4.11. The van der Waals surface area contributed by atoms with Crippen molar-refractivity contribution in [2.24, 2.45) is 0 Å². The number of hydrogen-bond acceptors (Lipinski definition) is 6. The van der Waals surface area contributed by atoms with Crippen LogP contribution < -0.4 is 15.0 Å². The molecule has 8 heteroatoms. The van der Waals surface area contributed by atoms with Crippen molar-refractivity contribution in [3.8, 4) is 5.75 Å². The van der Waals surface area contributed by atoms with Crippen LogP contribution in [0, 0.1) is 0 Å². The van der Waals surface area contributed by atoms with Crippen LogP contribution in [0.4, 0.5) is 5.69 Å². The molecule has 2 aromatic rings. The van der Waals surface area contributed by atoms with Crippen LogP contribution in [0.25, 0.3) is 0 Å². The van der Waals surface area contributed by atoms with Gasteiger partial charge in [0.05, 0.1) is 18.7 Å². The Balaban J connectivity index is 0.00000225. The van der Waals surface area contributed by atoms with E-state index in [0.29, 0.717) is 36.9 Å². The Hall–Kier alpha value is -2.12. The van der Waals surface area contributed by atoms with Gasteiger partial charge in [0, 0.05) is 25.4 Å². The summed E-state index contributed by atoms with van der Waals surface area (Å²) in [6.45, 7) is 2.57. The molecule has 136 valence electrons. The Labute approximate surface area is 153 Å². The fourth-order valence-electron chi connectivity index (χ4n) is 2.85. The third-order valence-corrected chi connectivity index (χ3v) is 4.32. The van der Waals surface area contributed by atoms with Crippen molar-refractivity contribution in [3.63, 3.8) is 0 Å². The summed E-state index contributed by atoms with van der Waals surface area (Å²) in [4.78, 5) is 18.6. The highest BCUT2D eigenvalue weighted by atomic mass is 35.5. The van der Waals surface area contributed by atoms with Crippen LogP contribution >= 0.6 is 12.4 Å². The number of carbonyl (C=O) groups is 1. The van der Waals surface area contributed by atoms with Crippen LogP contribution in [-0.4, -0.2) is 42.8 Å². The van der Waals surface area contributed by atoms with E-state index in [2.05, 4.69) is 22.4 Å². The Kier molecular flexibility index (Phi) is 6.39. The van der Waals surface area contributed by atoms with E-state index in [0.717, 1.165) is 5.69 Å². The minimum atomic E-state index is -0.0893. The van der Waals surface area contributed by atoms with E-state index in [1.54, 1.807) is 12.0 Å². The van der Waals surface area contributed by atoms with E-state index < -0.39 is 0 Å². The molecule has 25 heavy (non-hydrogen) atoms. The molecule has 0 saturated carbocycles. The first kappa shape index (κ1) is 19.2. The van der Waals surface area contributed by atoms with E-state index in [9.17, 15) is 4.79 Å². The molecule has 0 radical (unpaired) electrons. The van der Waals surface area contributed by atoms with Crippen LogP contribution in [0.5, 0.6) is 5.75 Å². The number of likely N-dealkylation sites (N-methyl/N-ethyl adjacent to an activating group) is 1. The van der Waals surface area contributed by atoms with Crippen LogP contribution in [-0.2, 0) is 11.2 Å². The van der Waals surface area contributed by atoms with Crippen molar-refractivity contribution in [1.82, 2.24) is 15.5 Å². The topological polar surface area (TPSA) is 80.5 Å². The monoisotopic (exact) mass is 366 g/mol. The highest BCUT2D eigenvalue weighted by Crippen LogP contribution is 2.35. The second-order valence-corrected chi connectivity index (χ2v) is 6.02.